The number of carbonyl (C=O) groups excluding carboxylic acids is 1. The zero-order valence-corrected chi connectivity index (χ0v) is 18.3. The highest BCUT2D eigenvalue weighted by Crippen LogP contribution is 2.34. The smallest absolute Gasteiger partial charge is 0.233 e. The maximum Gasteiger partial charge on any atom is 0.233 e. The molecule has 0 spiro atoms. The van der Waals surface area contributed by atoms with Gasteiger partial charge in [-0.1, -0.05) is 11.8 Å². The Morgan fingerprint density at radius 2 is 1.78 bits per heavy atom. The molecule has 0 saturated carbocycles. The van der Waals surface area contributed by atoms with Gasteiger partial charge in [-0.3, -0.25) is 4.79 Å². The highest BCUT2D eigenvalue weighted by atomic mass is 32.2. The highest BCUT2D eigenvalue weighted by Gasteiger charge is 2.23. The van der Waals surface area contributed by atoms with Gasteiger partial charge in [0.1, 0.15) is 5.75 Å². The number of ether oxygens (including phenoxy) is 3. The lowest BCUT2D eigenvalue weighted by molar-refractivity contribution is -0.128. The Hall–Kier alpha value is -3.47. The fourth-order valence-electron chi connectivity index (χ4n) is 3.67. The monoisotopic (exact) mass is 454 g/mol. The van der Waals surface area contributed by atoms with Crippen molar-refractivity contribution in [2.75, 3.05) is 50.7 Å². The van der Waals surface area contributed by atoms with Gasteiger partial charge in [0.25, 0.3) is 0 Å². The van der Waals surface area contributed by atoms with E-state index in [1.807, 2.05) is 47.4 Å². The van der Waals surface area contributed by atoms with Crippen LogP contribution in [-0.2, 0) is 4.79 Å². The first-order valence-corrected chi connectivity index (χ1v) is 11.2. The van der Waals surface area contributed by atoms with E-state index in [-0.39, 0.29) is 18.5 Å². The molecule has 1 amide bonds. The number of hydrogen-bond acceptors (Lipinski definition) is 9. The third-order valence-electron chi connectivity index (χ3n) is 5.44. The summed E-state index contributed by atoms with van der Waals surface area (Å²) in [5.74, 6) is 2.53. The number of aromatic nitrogens is 4. The van der Waals surface area contributed by atoms with Gasteiger partial charge in [-0.05, 0) is 46.8 Å². The van der Waals surface area contributed by atoms with E-state index in [0.29, 0.717) is 29.7 Å². The minimum atomic E-state index is 0.0737. The highest BCUT2D eigenvalue weighted by molar-refractivity contribution is 7.99. The topological polar surface area (TPSA) is 94.8 Å². The minimum Gasteiger partial charge on any atom is -0.497 e. The number of thioether (sulfide) groups is 1. The van der Waals surface area contributed by atoms with Gasteiger partial charge in [-0.25, -0.2) is 0 Å². The Balaban J connectivity index is 1.16. The Morgan fingerprint density at radius 3 is 2.56 bits per heavy atom. The van der Waals surface area contributed by atoms with Crippen LogP contribution in [0.25, 0.3) is 5.69 Å². The van der Waals surface area contributed by atoms with Crippen LogP contribution in [0.2, 0.25) is 0 Å². The number of carbonyl (C=O) groups is 1. The minimum absolute atomic E-state index is 0.0737. The lowest BCUT2D eigenvalue weighted by Crippen LogP contribution is -2.49. The van der Waals surface area contributed by atoms with E-state index >= 15 is 0 Å². The maximum atomic E-state index is 12.8. The normalized spacial score (nSPS) is 15.2. The van der Waals surface area contributed by atoms with Gasteiger partial charge in [0.15, 0.2) is 11.5 Å². The van der Waals surface area contributed by atoms with Crippen LogP contribution in [0.5, 0.6) is 17.2 Å². The van der Waals surface area contributed by atoms with Crippen molar-refractivity contribution in [3.05, 3.63) is 42.5 Å². The Bertz CT molecular complexity index is 1100. The number of nitrogens with zero attached hydrogens (tertiary/aromatic N) is 6. The van der Waals surface area contributed by atoms with E-state index in [1.165, 1.54) is 11.8 Å². The van der Waals surface area contributed by atoms with Crippen LogP contribution in [-0.4, -0.2) is 76.8 Å². The first-order chi connectivity index (χ1) is 15.7. The third kappa shape index (κ3) is 4.15. The molecule has 2 aromatic carbocycles. The molecule has 0 N–H and O–H groups in total. The van der Waals surface area contributed by atoms with Gasteiger partial charge in [0.2, 0.25) is 17.9 Å². The molecule has 0 aliphatic carbocycles. The van der Waals surface area contributed by atoms with Crippen LogP contribution in [0.3, 0.4) is 0 Å². The SMILES string of the molecule is COc1ccc(N2CCN(C(=O)CSc3nnnn3-c3ccc4c(c3)OCO4)CC2)cc1. The standard InChI is InChI=1S/C21H22N6O4S/c1-29-17-5-2-15(3-6-17)25-8-10-26(11-9-25)20(28)13-32-21-22-23-24-27(21)16-4-7-18-19(12-16)31-14-30-18/h2-7,12H,8-11,13-14H2,1H3. The molecule has 11 heteroatoms. The predicted molar refractivity (Wildman–Crippen MR) is 118 cm³/mol. The summed E-state index contributed by atoms with van der Waals surface area (Å²) in [6.45, 7) is 3.14. The first-order valence-electron chi connectivity index (χ1n) is 10.2. The lowest BCUT2D eigenvalue weighted by atomic mass is 10.2. The number of rotatable bonds is 6. The zero-order valence-electron chi connectivity index (χ0n) is 17.5. The molecule has 3 aromatic rings. The van der Waals surface area contributed by atoms with E-state index in [2.05, 4.69) is 20.4 Å². The fraction of sp³-hybridized carbons (Fsp3) is 0.333. The molecule has 0 radical (unpaired) electrons. The average Bonchev–Trinajstić information content (AvgIpc) is 3.51. The molecule has 0 unspecified atom stereocenters. The molecular weight excluding hydrogens is 432 g/mol. The number of benzene rings is 2. The summed E-state index contributed by atoms with van der Waals surface area (Å²) < 4.78 is 17.6. The summed E-state index contributed by atoms with van der Waals surface area (Å²) in [5, 5.41) is 12.4. The van der Waals surface area contributed by atoms with Crippen molar-refractivity contribution in [2.45, 2.75) is 5.16 Å². The van der Waals surface area contributed by atoms with E-state index in [4.69, 9.17) is 14.2 Å². The maximum absolute atomic E-state index is 12.8. The molecule has 2 aliphatic heterocycles. The second-order valence-electron chi connectivity index (χ2n) is 7.27. The molecule has 0 bridgehead atoms. The number of piperazine rings is 1. The predicted octanol–water partition coefficient (Wildman–Crippen LogP) is 1.84. The third-order valence-corrected chi connectivity index (χ3v) is 6.34. The van der Waals surface area contributed by atoms with Crippen molar-refractivity contribution >= 4 is 23.4 Å². The lowest BCUT2D eigenvalue weighted by Gasteiger charge is -2.36. The molecule has 1 aromatic heterocycles. The van der Waals surface area contributed by atoms with Crippen LogP contribution < -0.4 is 19.1 Å². The van der Waals surface area contributed by atoms with E-state index in [1.54, 1.807) is 11.8 Å². The molecule has 0 atom stereocenters. The molecule has 32 heavy (non-hydrogen) atoms. The van der Waals surface area contributed by atoms with Gasteiger partial charge in [-0.2, -0.15) is 4.68 Å². The second-order valence-corrected chi connectivity index (χ2v) is 8.21. The zero-order chi connectivity index (χ0) is 21.9. The quantitative estimate of drug-likeness (QED) is 0.517. The number of tetrazole rings is 1. The Kier molecular flexibility index (Phi) is 5.71. The molecule has 1 fully saturated rings. The van der Waals surface area contributed by atoms with E-state index in [9.17, 15) is 4.79 Å². The molecule has 1 saturated heterocycles. The van der Waals surface area contributed by atoms with Gasteiger partial charge in [-0.15, -0.1) is 5.10 Å². The van der Waals surface area contributed by atoms with Gasteiger partial charge in [0.05, 0.1) is 18.6 Å². The van der Waals surface area contributed by atoms with E-state index < -0.39 is 0 Å². The van der Waals surface area contributed by atoms with Gasteiger partial charge < -0.3 is 24.0 Å². The first kappa shape index (κ1) is 20.4. The molecule has 5 rings (SSSR count). The number of methoxy groups -OCH3 is 1. The molecular formula is C21H22N6O4S. The summed E-state index contributed by atoms with van der Waals surface area (Å²) in [6, 6.07) is 13.5. The number of amides is 1. The van der Waals surface area contributed by atoms with E-state index in [0.717, 1.165) is 30.2 Å². The van der Waals surface area contributed by atoms with Crippen molar-refractivity contribution < 1.29 is 19.0 Å². The summed E-state index contributed by atoms with van der Waals surface area (Å²) in [6.07, 6.45) is 0. The van der Waals surface area contributed by atoms with Gasteiger partial charge in [0, 0.05) is 37.9 Å². The summed E-state index contributed by atoms with van der Waals surface area (Å²) in [7, 11) is 1.66. The van der Waals surface area contributed by atoms with Crippen LogP contribution in [0.1, 0.15) is 0 Å². The Morgan fingerprint density at radius 1 is 1.03 bits per heavy atom. The molecule has 2 aliphatic rings. The number of hydrogen-bond donors (Lipinski definition) is 0. The Labute approximate surface area is 189 Å². The van der Waals surface area contributed by atoms with Crippen LogP contribution in [0.4, 0.5) is 5.69 Å². The van der Waals surface area contributed by atoms with Crippen molar-refractivity contribution in [3.8, 4) is 22.9 Å². The molecule has 166 valence electrons. The van der Waals surface area contributed by atoms with Crippen LogP contribution in [0, 0.1) is 0 Å². The molecule has 3 heterocycles. The van der Waals surface area contributed by atoms with Crippen molar-refractivity contribution in [1.29, 1.82) is 0 Å². The second kappa shape index (κ2) is 8.95. The summed E-state index contributed by atoms with van der Waals surface area (Å²) >= 11 is 1.32. The van der Waals surface area contributed by atoms with Gasteiger partial charge >= 0.3 is 0 Å². The van der Waals surface area contributed by atoms with Crippen LogP contribution >= 0.6 is 11.8 Å². The fourth-order valence-corrected chi connectivity index (χ4v) is 4.47. The summed E-state index contributed by atoms with van der Waals surface area (Å²) in [4.78, 5) is 16.9. The number of fused-ring (bicyclic) bond motifs is 1. The largest absolute Gasteiger partial charge is 0.497 e. The van der Waals surface area contributed by atoms with Crippen molar-refractivity contribution in [2.24, 2.45) is 0 Å². The van der Waals surface area contributed by atoms with Crippen LogP contribution in [0.15, 0.2) is 47.6 Å². The van der Waals surface area contributed by atoms with Crippen molar-refractivity contribution in [1.82, 2.24) is 25.1 Å². The van der Waals surface area contributed by atoms with Crippen molar-refractivity contribution in [3.63, 3.8) is 0 Å². The summed E-state index contributed by atoms with van der Waals surface area (Å²) in [5.41, 5.74) is 1.89. The number of anilines is 1. The molecule has 10 nitrogen and oxygen atoms in total. The average molecular weight is 455 g/mol.